The van der Waals surface area contributed by atoms with E-state index in [9.17, 15) is 13.0 Å². The van der Waals surface area contributed by atoms with Crippen LogP contribution in [0, 0.1) is 0 Å². The molecule has 0 amide bonds. The van der Waals surface area contributed by atoms with Crippen LogP contribution in [0.2, 0.25) is 12.6 Å². The van der Waals surface area contributed by atoms with Gasteiger partial charge in [-0.15, -0.1) is 0 Å². The number of benzene rings is 2. The third kappa shape index (κ3) is 5.17. The van der Waals surface area contributed by atoms with Crippen LogP contribution in [0.4, 0.5) is 0 Å². The van der Waals surface area contributed by atoms with E-state index < -0.39 is 18.7 Å². The molecule has 2 aromatic carbocycles. The van der Waals surface area contributed by atoms with E-state index >= 15 is 0 Å². The van der Waals surface area contributed by atoms with Crippen LogP contribution >= 0.6 is 0 Å². The minimum Gasteiger partial charge on any atom is -0.495 e. The molecule has 2 rings (SSSR count). The van der Waals surface area contributed by atoms with Crippen LogP contribution in [0.3, 0.4) is 0 Å². The lowest BCUT2D eigenvalue weighted by atomic mass is 9.96. The zero-order chi connectivity index (χ0) is 20.1. The van der Waals surface area contributed by atoms with Crippen molar-refractivity contribution < 1.29 is 26.6 Å². The Morgan fingerprint density at radius 3 is 2.15 bits per heavy atom. The van der Waals surface area contributed by atoms with E-state index in [-0.39, 0.29) is 10.6 Å². The molecule has 0 atom stereocenters. The number of aryl methyl sites for hydroxylation is 1. The Balaban J connectivity index is 2.48. The van der Waals surface area contributed by atoms with Crippen LogP contribution < -0.4 is 4.74 Å². The van der Waals surface area contributed by atoms with Gasteiger partial charge in [-0.05, 0) is 42.6 Å². The van der Waals surface area contributed by atoms with Crippen LogP contribution in [-0.2, 0) is 25.4 Å². The summed E-state index contributed by atoms with van der Waals surface area (Å²) < 4.78 is 49.6. The van der Waals surface area contributed by atoms with Crippen molar-refractivity contribution >= 4 is 18.7 Å². The first-order valence-corrected chi connectivity index (χ1v) is 12.5. The smallest absolute Gasteiger partial charge is 0.334 e. The van der Waals surface area contributed by atoms with Crippen molar-refractivity contribution in [2.45, 2.75) is 30.3 Å². The van der Waals surface area contributed by atoms with E-state index in [4.69, 9.17) is 13.6 Å². The minimum absolute atomic E-state index is 0.152. The van der Waals surface area contributed by atoms with Gasteiger partial charge >= 0.3 is 8.56 Å². The second-order valence-corrected chi connectivity index (χ2v) is 11.3. The summed E-state index contributed by atoms with van der Waals surface area (Å²) in [6, 6.07) is 13.3. The maximum atomic E-state index is 11.8. The SMILES string of the molecule is COc1c(S(=O)(=O)O)ccc(CCC[Si](C)(OC)OC)c1-c1ccccc1. The monoisotopic (exact) mass is 410 g/mol. The highest BCUT2D eigenvalue weighted by Crippen LogP contribution is 2.39. The van der Waals surface area contributed by atoms with Gasteiger partial charge in [0.05, 0.1) is 7.11 Å². The standard InChI is InChI=1S/C19H26O6SSi/c1-23-19-17(26(20,21)22)13-12-16(11-8-14-27(4,24-2)25-3)18(19)15-9-6-5-7-10-15/h5-7,9-10,12-13H,8,11,14H2,1-4H3,(H,20,21,22). The molecule has 0 radical (unpaired) electrons. The Bertz CT molecular complexity index is 863. The normalized spacial score (nSPS) is 12.2. The largest absolute Gasteiger partial charge is 0.495 e. The van der Waals surface area contributed by atoms with Crippen molar-refractivity contribution in [1.82, 2.24) is 0 Å². The van der Waals surface area contributed by atoms with Gasteiger partial charge in [-0.25, -0.2) is 0 Å². The molecule has 0 saturated heterocycles. The fraction of sp³-hybridized carbons (Fsp3) is 0.368. The molecule has 0 heterocycles. The number of hydrogen-bond acceptors (Lipinski definition) is 5. The van der Waals surface area contributed by atoms with Gasteiger partial charge in [0.25, 0.3) is 10.1 Å². The summed E-state index contributed by atoms with van der Waals surface area (Å²) in [5.74, 6) is 0.152. The van der Waals surface area contributed by atoms with Crippen molar-refractivity contribution in [1.29, 1.82) is 0 Å². The molecule has 0 spiro atoms. The topological polar surface area (TPSA) is 82.1 Å². The molecule has 0 unspecified atom stereocenters. The van der Waals surface area contributed by atoms with Crippen LogP contribution in [0.1, 0.15) is 12.0 Å². The van der Waals surface area contributed by atoms with Crippen molar-refractivity contribution in [2.75, 3.05) is 21.3 Å². The molecule has 0 saturated carbocycles. The van der Waals surface area contributed by atoms with Gasteiger partial charge in [0.15, 0.2) is 0 Å². The molecular formula is C19H26O6SSi. The Labute approximate surface area is 162 Å². The molecule has 0 fully saturated rings. The quantitative estimate of drug-likeness (QED) is 0.499. The molecule has 0 bridgehead atoms. The molecule has 6 nitrogen and oxygen atoms in total. The maximum Gasteiger partial charge on any atom is 0.334 e. The molecule has 0 aromatic heterocycles. The molecule has 27 heavy (non-hydrogen) atoms. The molecule has 0 aliphatic carbocycles. The molecular weight excluding hydrogens is 384 g/mol. The average Bonchev–Trinajstić information content (AvgIpc) is 2.67. The Morgan fingerprint density at radius 2 is 1.63 bits per heavy atom. The van der Waals surface area contributed by atoms with E-state index in [1.807, 2.05) is 36.9 Å². The number of hydrogen-bond donors (Lipinski definition) is 1. The summed E-state index contributed by atoms with van der Waals surface area (Å²) in [6.07, 6.45) is 1.51. The summed E-state index contributed by atoms with van der Waals surface area (Å²) in [4.78, 5) is -0.236. The molecule has 2 aromatic rings. The lowest BCUT2D eigenvalue weighted by Crippen LogP contribution is -2.35. The van der Waals surface area contributed by atoms with Gasteiger partial charge in [0, 0.05) is 19.8 Å². The van der Waals surface area contributed by atoms with Crippen LogP contribution in [0.25, 0.3) is 11.1 Å². The fourth-order valence-electron chi connectivity index (χ4n) is 3.03. The Morgan fingerprint density at radius 1 is 1.00 bits per heavy atom. The Kier molecular flexibility index (Phi) is 7.18. The van der Waals surface area contributed by atoms with Crippen molar-refractivity contribution in [3.63, 3.8) is 0 Å². The predicted molar refractivity (Wildman–Crippen MR) is 107 cm³/mol. The van der Waals surface area contributed by atoms with Gasteiger partial charge in [0.1, 0.15) is 10.6 Å². The zero-order valence-corrected chi connectivity index (χ0v) is 17.9. The van der Waals surface area contributed by atoms with Crippen LogP contribution in [-0.4, -0.2) is 42.9 Å². The fourth-order valence-corrected chi connectivity index (χ4v) is 5.08. The number of methoxy groups -OCH3 is 1. The van der Waals surface area contributed by atoms with Gasteiger partial charge < -0.3 is 13.6 Å². The predicted octanol–water partition coefficient (Wildman–Crippen LogP) is 3.91. The molecule has 0 aliphatic rings. The highest BCUT2D eigenvalue weighted by atomic mass is 32.2. The molecule has 8 heteroatoms. The van der Waals surface area contributed by atoms with E-state index in [1.165, 1.54) is 13.2 Å². The number of ether oxygens (including phenoxy) is 1. The second kappa shape index (κ2) is 8.98. The van der Waals surface area contributed by atoms with Crippen molar-refractivity contribution in [2.24, 2.45) is 0 Å². The summed E-state index contributed by atoms with van der Waals surface area (Å²) in [5.41, 5.74) is 2.44. The number of rotatable bonds is 9. The first-order valence-electron chi connectivity index (χ1n) is 8.59. The van der Waals surface area contributed by atoms with Gasteiger partial charge in [-0.3, -0.25) is 4.55 Å². The van der Waals surface area contributed by atoms with Gasteiger partial charge in [-0.2, -0.15) is 8.42 Å². The Hall–Kier alpha value is -1.71. The maximum absolute atomic E-state index is 11.8. The second-order valence-electron chi connectivity index (χ2n) is 6.37. The first-order chi connectivity index (χ1) is 12.8. The summed E-state index contributed by atoms with van der Waals surface area (Å²) >= 11 is 0. The highest BCUT2D eigenvalue weighted by molar-refractivity contribution is 7.86. The molecule has 148 valence electrons. The van der Waals surface area contributed by atoms with Gasteiger partial charge in [-0.1, -0.05) is 36.4 Å². The van der Waals surface area contributed by atoms with Crippen molar-refractivity contribution in [3.8, 4) is 16.9 Å². The van der Waals surface area contributed by atoms with Crippen molar-refractivity contribution in [3.05, 3.63) is 48.0 Å². The van der Waals surface area contributed by atoms with Crippen LogP contribution in [0.15, 0.2) is 47.4 Å². The minimum atomic E-state index is -4.40. The summed E-state index contributed by atoms with van der Waals surface area (Å²) in [5, 5.41) is 0. The van der Waals surface area contributed by atoms with E-state index in [2.05, 4.69) is 0 Å². The van der Waals surface area contributed by atoms with Crippen LogP contribution in [0.5, 0.6) is 5.75 Å². The molecule has 1 N–H and O–H groups in total. The summed E-state index contributed by atoms with van der Waals surface area (Å²) in [7, 11) is -1.85. The van der Waals surface area contributed by atoms with E-state index in [1.54, 1.807) is 20.3 Å². The third-order valence-electron chi connectivity index (χ3n) is 4.69. The van der Waals surface area contributed by atoms with Gasteiger partial charge in [0.2, 0.25) is 0 Å². The molecule has 0 aliphatic heterocycles. The average molecular weight is 411 g/mol. The zero-order valence-electron chi connectivity index (χ0n) is 16.1. The lowest BCUT2D eigenvalue weighted by molar-refractivity contribution is 0.248. The highest BCUT2D eigenvalue weighted by Gasteiger charge is 2.28. The van der Waals surface area contributed by atoms with E-state index in [0.29, 0.717) is 12.0 Å². The van der Waals surface area contributed by atoms with E-state index in [0.717, 1.165) is 23.6 Å². The first kappa shape index (κ1) is 21.6. The summed E-state index contributed by atoms with van der Waals surface area (Å²) in [6.45, 7) is 2.01. The third-order valence-corrected chi connectivity index (χ3v) is 8.56. The lowest BCUT2D eigenvalue weighted by Gasteiger charge is -2.23.